The molecule has 0 saturated heterocycles. The van der Waals surface area contributed by atoms with Crippen molar-refractivity contribution in [3.8, 4) is 0 Å². The van der Waals surface area contributed by atoms with Crippen LogP contribution in [-0.4, -0.2) is 51.4 Å². The average Bonchev–Trinajstić information content (AvgIpc) is 2.64. The molecule has 1 atom stereocenters. The van der Waals surface area contributed by atoms with Crippen LogP contribution in [0, 0.1) is 12.7 Å². The first-order valence-corrected chi connectivity index (χ1v) is 8.98. The minimum Gasteiger partial charge on any atom is -0.378 e. The standard InChI is InChI=1S/C21H27FN4O2/c1-14-6-9-16(12-18(14)22)24-21(28)20(27)23-13-19(26(4)5)15-7-10-17(11-8-15)25(2)3/h6-12,19H,13H2,1-5H3,(H,23,27)(H,24,28)/t19-/m0/s1. The quantitative estimate of drug-likeness (QED) is 0.749. The molecule has 6 nitrogen and oxygen atoms in total. The number of benzene rings is 2. The second-order valence-corrected chi connectivity index (χ2v) is 7.09. The van der Waals surface area contributed by atoms with Gasteiger partial charge in [0.2, 0.25) is 0 Å². The molecule has 7 heteroatoms. The van der Waals surface area contributed by atoms with Crippen molar-refractivity contribution >= 4 is 23.2 Å². The van der Waals surface area contributed by atoms with Crippen molar-refractivity contribution in [2.24, 2.45) is 0 Å². The molecule has 0 heterocycles. The van der Waals surface area contributed by atoms with Crippen molar-refractivity contribution in [1.82, 2.24) is 10.2 Å². The molecule has 0 aliphatic heterocycles. The van der Waals surface area contributed by atoms with E-state index in [4.69, 9.17) is 0 Å². The maximum Gasteiger partial charge on any atom is 0.313 e. The van der Waals surface area contributed by atoms with Crippen LogP contribution in [0.5, 0.6) is 0 Å². The number of nitrogens with one attached hydrogen (secondary N) is 2. The van der Waals surface area contributed by atoms with Gasteiger partial charge in [0.25, 0.3) is 0 Å². The van der Waals surface area contributed by atoms with Crippen LogP contribution < -0.4 is 15.5 Å². The van der Waals surface area contributed by atoms with Gasteiger partial charge in [-0.1, -0.05) is 18.2 Å². The molecule has 2 N–H and O–H groups in total. The first-order valence-electron chi connectivity index (χ1n) is 8.98. The van der Waals surface area contributed by atoms with Crippen molar-refractivity contribution in [3.05, 3.63) is 59.4 Å². The Balaban J connectivity index is 1.99. The molecule has 2 aromatic carbocycles. The van der Waals surface area contributed by atoms with Crippen LogP contribution in [0.2, 0.25) is 0 Å². The van der Waals surface area contributed by atoms with E-state index in [0.717, 1.165) is 11.3 Å². The molecule has 0 spiro atoms. The van der Waals surface area contributed by atoms with Crippen LogP contribution in [0.3, 0.4) is 0 Å². The summed E-state index contributed by atoms with van der Waals surface area (Å²) in [4.78, 5) is 28.2. The Bertz CT molecular complexity index is 835. The second kappa shape index (κ2) is 9.32. The largest absolute Gasteiger partial charge is 0.378 e. The summed E-state index contributed by atoms with van der Waals surface area (Å²) in [6.45, 7) is 1.89. The van der Waals surface area contributed by atoms with Crippen molar-refractivity contribution in [1.29, 1.82) is 0 Å². The molecule has 2 aromatic rings. The molecule has 0 aromatic heterocycles. The van der Waals surface area contributed by atoms with E-state index in [2.05, 4.69) is 10.6 Å². The van der Waals surface area contributed by atoms with E-state index < -0.39 is 17.6 Å². The number of likely N-dealkylation sites (N-methyl/N-ethyl adjacent to an activating group) is 1. The van der Waals surface area contributed by atoms with Crippen molar-refractivity contribution in [2.45, 2.75) is 13.0 Å². The highest BCUT2D eigenvalue weighted by molar-refractivity contribution is 6.39. The summed E-state index contributed by atoms with van der Waals surface area (Å²) in [7, 11) is 7.76. The van der Waals surface area contributed by atoms with Gasteiger partial charge in [0.1, 0.15) is 5.82 Å². The van der Waals surface area contributed by atoms with Crippen molar-refractivity contribution < 1.29 is 14.0 Å². The number of nitrogens with zero attached hydrogens (tertiary/aromatic N) is 2. The zero-order valence-corrected chi connectivity index (χ0v) is 16.9. The topological polar surface area (TPSA) is 64.7 Å². The molecule has 150 valence electrons. The SMILES string of the molecule is Cc1ccc(NC(=O)C(=O)NC[C@@H](c2ccc(N(C)C)cc2)N(C)C)cc1F. The monoisotopic (exact) mass is 386 g/mol. The van der Waals surface area contributed by atoms with Gasteiger partial charge in [0, 0.05) is 32.0 Å². The third kappa shape index (κ3) is 5.53. The summed E-state index contributed by atoms with van der Waals surface area (Å²) < 4.78 is 13.6. The van der Waals surface area contributed by atoms with E-state index in [1.54, 1.807) is 19.1 Å². The maximum atomic E-state index is 13.6. The highest BCUT2D eigenvalue weighted by Gasteiger charge is 2.19. The number of carbonyl (C=O) groups is 2. The molecule has 0 bridgehead atoms. The van der Waals surface area contributed by atoms with E-state index in [1.807, 2.05) is 62.3 Å². The normalized spacial score (nSPS) is 11.8. The van der Waals surface area contributed by atoms with E-state index in [0.29, 0.717) is 5.56 Å². The molecule has 2 rings (SSSR count). The molecule has 0 saturated carbocycles. The van der Waals surface area contributed by atoms with Crippen molar-refractivity contribution in [3.63, 3.8) is 0 Å². The van der Waals surface area contributed by atoms with Gasteiger partial charge in [-0.15, -0.1) is 0 Å². The van der Waals surface area contributed by atoms with Gasteiger partial charge in [0.15, 0.2) is 0 Å². The van der Waals surface area contributed by atoms with Gasteiger partial charge in [-0.3, -0.25) is 9.59 Å². The number of hydrogen-bond acceptors (Lipinski definition) is 4. The Morgan fingerprint density at radius 2 is 1.64 bits per heavy atom. The van der Waals surface area contributed by atoms with E-state index in [-0.39, 0.29) is 18.3 Å². The molecule has 0 aliphatic carbocycles. The molecule has 0 unspecified atom stereocenters. The van der Waals surface area contributed by atoms with Crippen LogP contribution in [0.4, 0.5) is 15.8 Å². The molecule has 0 radical (unpaired) electrons. The highest BCUT2D eigenvalue weighted by atomic mass is 19.1. The summed E-state index contributed by atoms with van der Waals surface area (Å²) in [5, 5.41) is 5.06. The Morgan fingerprint density at radius 3 is 2.18 bits per heavy atom. The predicted molar refractivity (Wildman–Crippen MR) is 110 cm³/mol. The summed E-state index contributed by atoms with van der Waals surface area (Å²) >= 11 is 0. The number of hydrogen-bond donors (Lipinski definition) is 2. The number of amides is 2. The predicted octanol–water partition coefficient (Wildman–Crippen LogP) is 2.56. The Morgan fingerprint density at radius 1 is 1.00 bits per heavy atom. The van der Waals surface area contributed by atoms with E-state index in [1.165, 1.54) is 6.07 Å². The lowest BCUT2D eigenvalue weighted by atomic mass is 10.1. The Labute approximate surface area is 165 Å². The molecule has 0 fully saturated rings. The summed E-state index contributed by atoms with van der Waals surface area (Å²) in [5.41, 5.74) is 2.81. The van der Waals surface area contributed by atoms with E-state index in [9.17, 15) is 14.0 Å². The van der Waals surface area contributed by atoms with Crippen LogP contribution in [0.25, 0.3) is 0 Å². The zero-order chi connectivity index (χ0) is 20.8. The smallest absolute Gasteiger partial charge is 0.313 e. The fraction of sp³-hybridized carbons (Fsp3) is 0.333. The molecule has 0 aliphatic rings. The van der Waals surface area contributed by atoms with E-state index >= 15 is 0 Å². The van der Waals surface area contributed by atoms with Crippen LogP contribution >= 0.6 is 0 Å². The maximum absolute atomic E-state index is 13.6. The number of aryl methyl sites for hydroxylation is 1. The number of anilines is 2. The lowest BCUT2D eigenvalue weighted by Crippen LogP contribution is -2.40. The lowest BCUT2D eigenvalue weighted by molar-refractivity contribution is -0.136. The van der Waals surface area contributed by atoms with Gasteiger partial charge in [-0.2, -0.15) is 0 Å². The molecule has 28 heavy (non-hydrogen) atoms. The molecular formula is C21H27FN4O2. The van der Waals surface area contributed by atoms with Crippen LogP contribution in [0.1, 0.15) is 17.2 Å². The average molecular weight is 386 g/mol. The van der Waals surface area contributed by atoms with Gasteiger partial charge in [-0.25, -0.2) is 4.39 Å². The number of carbonyl (C=O) groups excluding carboxylic acids is 2. The molecule has 2 amide bonds. The first-order chi connectivity index (χ1) is 13.2. The Hall–Kier alpha value is -2.93. The van der Waals surface area contributed by atoms with Gasteiger partial charge in [0.05, 0.1) is 6.04 Å². The fourth-order valence-electron chi connectivity index (χ4n) is 2.72. The third-order valence-corrected chi connectivity index (χ3v) is 4.51. The summed E-state index contributed by atoms with van der Waals surface area (Å²) in [5.74, 6) is -2.03. The first kappa shape index (κ1) is 21.4. The Kier molecular flexibility index (Phi) is 7.12. The zero-order valence-electron chi connectivity index (χ0n) is 16.9. The van der Waals surface area contributed by atoms with Gasteiger partial charge >= 0.3 is 11.8 Å². The summed E-state index contributed by atoms with van der Waals surface area (Å²) in [6.07, 6.45) is 0. The minimum atomic E-state index is -0.830. The summed E-state index contributed by atoms with van der Waals surface area (Å²) in [6, 6.07) is 12.2. The van der Waals surface area contributed by atoms with Gasteiger partial charge < -0.3 is 20.4 Å². The van der Waals surface area contributed by atoms with Crippen molar-refractivity contribution in [2.75, 3.05) is 45.0 Å². The highest BCUT2D eigenvalue weighted by Crippen LogP contribution is 2.21. The molecular weight excluding hydrogens is 359 g/mol. The van der Waals surface area contributed by atoms with Crippen LogP contribution in [-0.2, 0) is 9.59 Å². The fourth-order valence-corrected chi connectivity index (χ4v) is 2.72. The van der Waals surface area contributed by atoms with Gasteiger partial charge in [-0.05, 0) is 56.4 Å². The minimum absolute atomic E-state index is 0.0928. The second-order valence-electron chi connectivity index (χ2n) is 7.09. The third-order valence-electron chi connectivity index (χ3n) is 4.51. The number of rotatable bonds is 6. The lowest BCUT2D eigenvalue weighted by Gasteiger charge is -2.25. The van der Waals surface area contributed by atoms with Crippen LogP contribution in [0.15, 0.2) is 42.5 Å². The number of halogens is 1.